The van der Waals surface area contributed by atoms with E-state index in [4.69, 9.17) is 4.74 Å². The third-order valence-corrected chi connectivity index (χ3v) is 7.39. The van der Waals surface area contributed by atoms with Crippen molar-refractivity contribution in [2.24, 2.45) is 11.8 Å². The van der Waals surface area contributed by atoms with Crippen molar-refractivity contribution in [2.75, 3.05) is 44.3 Å². The van der Waals surface area contributed by atoms with Crippen LogP contribution in [0.5, 0.6) is 0 Å². The molecule has 3 heterocycles. The molecular formula is C25H35N5O6. The molecule has 0 bridgehead atoms. The maximum absolute atomic E-state index is 13.4. The van der Waals surface area contributed by atoms with Gasteiger partial charge in [-0.2, -0.15) is 0 Å². The first-order valence-corrected chi connectivity index (χ1v) is 12.8. The molecule has 3 aliphatic rings. The third kappa shape index (κ3) is 6.38. The van der Waals surface area contributed by atoms with E-state index < -0.39 is 23.8 Å². The largest absolute Gasteiger partial charge is 0.378 e. The summed E-state index contributed by atoms with van der Waals surface area (Å²) >= 11 is 0. The summed E-state index contributed by atoms with van der Waals surface area (Å²) in [6, 6.07) is 2.61. The molecule has 4 rings (SSSR count). The van der Waals surface area contributed by atoms with Gasteiger partial charge in [-0.1, -0.05) is 25.7 Å². The fraction of sp³-hybridized carbons (Fsp3) is 0.640. The Morgan fingerprint density at radius 2 is 1.89 bits per heavy atom. The number of likely N-dealkylation sites (tertiary alicyclic amines) is 1. The number of pyridine rings is 1. The normalized spacial score (nSPS) is 21.3. The van der Waals surface area contributed by atoms with Gasteiger partial charge in [-0.25, -0.2) is 10.0 Å². The van der Waals surface area contributed by atoms with E-state index in [1.807, 2.05) is 0 Å². The van der Waals surface area contributed by atoms with Crippen LogP contribution in [-0.2, 0) is 19.1 Å². The summed E-state index contributed by atoms with van der Waals surface area (Å²) in [6.07, 6.45) is 7.65. The van der Waals surface area contributed by atoms with E-state index in [1.54, 1.807) is 12.1 Å². The van der Waals surface area contributed by atoms with Gasteiger partial charge in [0, 0.05) is 25.8 Å². The smallest absolute Gasteiger partial charge is 0.259 e. The van der Waals surface area contributed by atoms with Crippen molar-refractivity contribution in [3.8, 4) is 0 Å². The lowest BCUT2D eigenvalue weighted by molar-refractivity contribution is -0.158. The maximum Gasteiger partial charge on any atom is 0.259 e. The van der Waals surface area contributed by atoms with Crippen molar-refractivity contribution >= 4 is 29.9 Å². The van der Waals surface area contributed by atoms with Gasteiger partial charge in [0.1, 0.15) is 11.9 Å². The molecule has 2 saturated heterocycles. The van der Waals surface area contributed by atoms with Crippen molar-refractivity contribution in [2.45, 2.75) is 51.0 Å². The second kappa shape index (κ2) is 12.3. The van der Waals surface area contributed by atoms with Crippen LogP contribution < -0.4 is 10.2 Å². The first kappa shape index (κ1) is 26.0. The lowest BCUT2D eigenvalue weighted by atomic mass is 9.91. The molecule has 0 radical (unpaired) electrons. The summed E-state index contributed by atoms with van der Waals surface area (Å²) in [7, 11) is 0. The maximum atomic E-state index is 13.4. The summed E-state index contributed by atoms with van der Waals surface area (Å²) in [5.41, 5.74) is 0.261. The predicted octanol–water partition coefficient (Wildman–Crippen LogP) is 1.21. The molecule has 3 fully saturated rings. The highest BCUT2D eigenvalue weighted by Gasteiger charge is 2.39. The van der Waals surface area contributed by atoms with Gasteiger partial charge in [0.25, 0.3) is 5.91 Å². The lowest BCUT2D eigenvalue weighted by Gasteiger charge is -2.30. The van der Waals surface area contributed by atoms with E-state index in [0.717, 1.165) is 44.6 Å². The Hall–Kier alpha value is -3.05. The molecule has 0 unspecified atom stereocenters. The average molecular weight is 502 g/mol. The second-order valence-corrected chi connectivity index (χ2v) is 9.82. The molecule has 0 spiro atoms. The molecule has 1 saturated carbocycles. The number of ether oxygens (including phenoxy) is 1. The van der Waals surface area contributed by atoms with Gasteiger partial charge in [-0.05, 0) is 37.3 Å². The lowest BCUT2D eigenvalue weighted by Crippen LogP contribution is -2.50. The van der Waals surface area contributed by atoms with Crippen molar-refractivity contribution in [1.82, 2.24) is 20.3 Å². The third-order valence-electron chi connectivity index (χ3n) is 7.39. The highest BCUT2D eigenvalue weighted by Crippen LogP contribution is 2.32. The van der Waals surface area contributed by atoms with Crippen molar-refractivity contribution in [3.63, 3.8) is 0 Å². The Kier molecular flexibility index (Phi) is 8.87. The zero-order valence-corrected chi connectivity index (χ0v) is 20.5. The van der Waals surface area contributed by atoms with Crippen LogP contribution >= 0.6 is 0 Å². The Morgan fingerprint density at radius 1 is 1.14 bits per heavy atom. The van der Waals surface area contributed by atoms with Crippen molar-refractivity contribution in [3.05, 3.63) is 23.9 Å². The second-order valence-electron chi connectivity index (χ2n) is 9.82. The molecule has 36 heavy (non-hydrogen) atoms. The van der Waals surface area contributed by atoms with E-state index in [2.05, 4.69) is 15.2 Å². The number of hydrogen-bond donors (Lipinski definition) is 2. The predicted molar refractivity (Wildman–Crippen MR) is 129 cm³/mol. The minimum absolute atomic E-state index is 0.107. The average Bonchev–Trinajstić information content (AvgIpc) is 3.61. The number of rotatable bonds is 9. The molecule has 11 nitrogen and oxygen atoms in total. The van der Waals surface area contributed by atoms with E-state index in [9.17, 15) is 24.4 Å². The molecule has 11 heteroatoms. The monoisotopic (exact) mass is 501 g/mol. The van der Waals surface area contributed by atoms with Crippen LogP contribution in [0.1, 0.15) is 55.3 Å². The van der Waals surface area contributed by atoms with Crippen molar-refractivity contribution in [1.29, 1.82) is 0 Å². The number of carbonyl (C=O) groups excluding carboxylic acids is 4. The highest BCUT2D eigenvalue weighted by atomic mass is 16.5. The number of hydrogen-bond acceptors (Lipinski definition) is 8. The van der Waals surface area contributed by atoms with Crippen LogP contribution in [0.2, 0.25) is 0 Å². The quantitative estimate of drug-likeness (QED) is 0.223. The van der Waals surface area contributed by atoms with Crippen LogP contribution in [0.4, 0.5) is 5.82 Å². The van der Waals surface area contributed by atoms with Gasteiger partial charge in [0.2, 0.25) is 18.2 Å². The summed E-state index contributed by atoms with van der Waals surface area (Å²) in [4.78, 5) is 58.1. The molecule has 1 aliphatic carbocycles. The molecule has 0 aromatic carbocycles. The minimum Gasteiger partial charge on any atom is -0.378 e. The number of morpholine rings is 1. The van der Waals surface area contributed by atoms with Crippen LogP contribution in [0.3, 0.4) is 0 Å². The van der Waals surface area contributed by atoms with Crippen LogP contribution in [0, 0.1) is 11.8 Å². The molecule has 2 aliphatic heterocycles. The van der Waals surface area contributed by atoms with Crippen molar-refractivity contribution < 1.29 is 29.1 Å². The standard InChI is InChI=1S/C25H35N5O6/c31-17-29(35)16-20(14-18-4-1-2-5-18)25(34)30-9-3-6-21(30)24(33)27-23(32)19-7-8-22(26-15-19)28-10-12-36-13-11-28/h7-8,15,17-18,20-21,35H,1-6,9-14,16H2,(H,27,32,33)/t20-,21-/m1/s1. The number of carbonyl (C=O) groups is 4. The molecule has 1 aromatic heterocycles. The van der Waals surface area contributed by atoms with Gasteiger partial charge in [-0.15, -0.1) is 0 Å². The first-order valence-electron chi connectivity index (χ1n) is 12.8. The van der Waals surface area contributed by atoms with E-state index in [0.29, 0.717) is 56.4 Å². The van der Waals surface area contributed by atoms with Gasteiger partial charge < -0.3 is 14.5 Å². The fourth-order valence-electron chi connectivity index (χ4n) is 5.48. The summed E-state index contributed by atoms with van der Waals surface area (Å²) in [5, 5.41) is 12.7. The number of nitrogens with one attached hydrogen (secondary N) is 1. The Bertz CT molecular complexity index is 929. The Balaban J connectivity index is 1.37. The number of anilines is 1. The summed E-state index contributed by atoms with van der Waals surface area (Å²) in [5.74, 6) is -0.836. The minimum atomic E-state index is -0.767. The van der Waals surface area contributed by atoms with Gasteiger partial charge in [0.15, 0.2) is 0 Å². The molecule has 2 N–H and O–H groups in total. The highest BCUT2D eigenvalue weighted by molar-refractivity contribution is 6.06. The van der Waals surface area contributed by atoms with Crippen LogP contribution in [0.15, 0.2) is 18.3 Å². The molecule has 196 valence electrons. The van der Waals surface area contributed by atoms with Gasteiger partial charge >= 0.3 is 0 Å². The molecule has 2 atom stereocenters. The Morgan fingerprint density at radius 3 is 2.56 bits per heavy atom. The topological polar surface area (TPSA) is 132 Å². The zero-order chi connectivity index (χ0) is 25.5. The Labute approximate surface area is 210 Å². The number of amides is 4. The number of hydroxylamine groups is 2. The SMILES string of the molecule is O=CN(O)C[C@@H](CC1CCCC1)C(=O)N1CCC[C@@H]1C(=O)NC(=O)c1ccc(N2CCOCC2)nc1. The zero-order valence-electron chi connectivity index (χ0n) is 20.5. The molecule has 1 aromatic rings. The van der Waals surface area contributed by atoms with E-state index >= 15 is 0 Å². The molecular weight excluding hydrogens is 466 g/mol. The number of nitrogens with zero attached hydrogens (tertiary/aromatic N) is 4. The number of imide groups is 1. The van der Waals surface area contributed by atoms with E-state index in [-0.39, 0.29) is 18.0 Å². The first-order chi connectivity index (χ1) is 17.5. The fourth-order valence-corrected chi connectivity index (χ4v) is 5.48. The summed E-state index contributed by atoms with van der Waals surface area (Å²) < 4.78 is 5.34. The van der Waals surface area contributed by atoms with Crippen LogP contribution in [-0.4, -0.2) is 89.7 Å². The van der Waals surface area contributed by atoms with Gasteiger partial charge in [0.05, 0.1) is 31.2 Å². The number of aromatic nitrogens is 1. The van der Waals surface area contributed by atoms with Crippen LogP contribution in [0.25, 0.3) is 0 Å². The van der Waals surface area contributed by atoms with E-state index in [1.165, 1.54) is 11.1 Å². The molecule has 4 amide bonds. The summed E-state index contributed by atoms with van der Waals surface area (Å²) in [6.45, 7) is 3.00. The van der Waals surface area contributed by atoms with Gasteiger partial charge in [-0.3, -0.25) is 29.7 Å².